The highest BCUT2D eigenvalue weighted by Crippen LogP contribution is 2.38. The molecule has 1 N–H and O–H groups in total. The Labute approximate surface area is 115 Å². The van der Waals surface area contributed by atoms with Crippen molar-refractivity contribution in [2.75, 3.05) is 30.3 Å². The average molecular weight is 290 g/mol. The van der Waals surface area contributed by atoms with E-state index >= 15 is 0 Å². The van der Waals surface area contributed by atoms with E-state index in [1.54, 1.807) is 0 Å². The smallest absolute Gasteiger partial charge is 0.150 e. The van der Waals surface area contributed by atoms with E-state index in [4.69, 9.17) is 23.2 Å². The van der Waals surface area contributed by atoms with Gasteiger partial charge >= 0.3 is 0 Å². The number of nitrogens with zero attached hydrogens (tertiary/aromatic N) is 2. The van der Waals surface area contributed by atoms with E-state index in [9.17, 15) is 0 Å². The first-order valence-corrected chi connectivity index (χ1v) is 7.46. The predicted octanol–water partition coefficient (Wildman–Crippen LogP) is 2.66. The Bertz CT molecular complexity index is 441. The SMILES string of the molecule is Clc1cc2c(nc1Cl)N1CCNC[C@H]1CCS2. The number of anilines is 1. The first kappa shape index (κ1) is 11.9. The van der Waals surface area contributed by atoms with Gasteiger partial charge in [0, 0.05) is 31.4 Å². The summed E-state index contributed by atoms with van der Waals surface area (Å²) in [6, 6.07) is 2.48. The Hall–Kier alpha value is -0.160. The number of pyridine rings is 1. The summed E-state index contributed by atoms with van der Waals surface area (Å²) in [5.41, 5.74) is 0. The van der Waals surface area contributed by atoms with E-state index in [0.717, 1.165) is 36.1 Å². The van der Waals surface area contributed by atoms with Crippen LogP contribution in [0.15, 0.2) is 11.0 Å². The van der Waals surface area contributed by atoms with Crippen molar-refractivity contribution in [1.82, 2.24) is 10.3 Å². The summed E-state index contributed by atoms with van der Waals surface area (Å²) in [5, 5.41) is 4.39. The van der Waals surface area contributed by atoms with Crippen molar-refractivity contribution in [3.63, 3.8) is 0 Å². The lowest BCUT2D eigenvalue weighted by molar-refractivity contribution is 0.465. The third kappa shape index (κ3) is 2.24. The average Bonchev–Trinajstić information content (AvgIpc) is 2.50. The van der Waals surface area contributed by atoms with Crippen LogP contribution in [0.1, 0.15) is 6.42 Å². The molecule has 3 heterocycles. The minimum absolute atomic E-state index is 0.408. The number of piperazine rings is 1. The van der Waals surface area contributed by atoms with Crippen molar-refractivity contribution < 1.29 is 0 Å². The van der Waals surface area contributed by atoms with Crippen molar-refractivity contribution in [3.05, 3.63) is 16.2 Å². The van der Waals surface area contributed by atoms with Crippen LogP contribution >= 0.6 is 35.0 Å². The van der Waals surface area contributed by atoms with Gasteiger partial charge in [-0.15, -0.1) is 11.8 Å². The minimum atomic E-state index is 0.408. The molecular formula is C11H13Cl2N3S. The second-order valence-electron chi connectivity index (χ2n) is 4.27. The topological polar surface area (TPSA) is 28.2 Å². The number of aromatic nitrogens is 1. The lowest BCUT2D eigenvalue weighted by Crippen LogP contribution is -2.51. The molecule has 1 fully saturated rings. The Morgan fingerprint density at radius 2 is 2.35 bits per heavy atom. The highest BCUT2D eigenvalue weighted by atomic mass is 35.5. The third-order valence-electron chi connectivity index (χ3n) is 3.21. The van der Waals surface area contributed by atoms with E-state index in [1.165, 1.54) is 6.42 Å². The largest absolute Gasteiger partial charge is 0.350 e. The Balaban J connectivity index is 2.05. The third-order valence-corrected chi connectivity index (χ3v) is 4.93. The Morgan fingerprint density at radius 1 is 1.47 bits per heavy atom. The zero-order valence-electron chi connectivity index (χ0n) is 9.25. The fourth-order valence-electron chi connectivity index (χ4n) is 2.36. The van der Waals surface area contributed by atoms with Crippen molar-refractivity contribution in [2.45, 2.75) is 17.4 Å². The standard InChI is InChI=1S/C11H13Cl2N3S/c12-8-5-9-11(15-10(8)13)16-3-2-14-6-7(16)1-4-17-9/h5,7,14H,1-4,6H2/t7-/m1/s1. The predicted molar refractivity (Wildman–Crippen MR) is 73.6 cm³/mol. The second-order valence-corrected chi connectivity index (χ2v) is 6.17. The number of halogens is 2. The highest BCUT2D eigenvalue weighted by Gasteiger charge is 2.28. The summed E-state index contributed by atoms with van der Waals surface area (Å²) >= 11 is 13.9. The van der Waals surface area contributed by atoms with Gasteiger partial charge < -0.3 is 10.2 Å². The first-order valence-electron chi connectivity index (χ1n) is 5.72. The molecule has 2 aliphatic rings. The van der Waals surface area contributed by atoms with Gasteiger partial charge in [-0.25, -0.2) is 4.98 Å². The maximum atomic E-state index is 6.04. The monoisotopic (exact) mass is 289 g/mol. The molecule has 1 aromatic heterocycles. The van der Waals surface area contributed by atoms with Gasteiger partial charge in [0.1, 0.15) is 11.0 Å². The number of fused-ring (bicyclic) bond motifs is 3. The number of hydrogen-bond donors (Lipinski definition) is 1. The van der Waals surface area contributed by atoms with Gasteiger partial charge in [0.05, 0.1) is 9.92 Å². The zero-order valence-corrected chi connectivity index (χ0v) is 11.6. The van der Waals surface area contributed by atoms with E-state index in [1.807, 2.05) is 17.8 Å². The molecule has 0 aromatic carbocycles. The maximum Gasteiger partial charge on any atom is 0.150 e. The van der Waals surface area contributed by atoms with Crippen LogP contribution in [-0.4, -0.2) is 36.4 Å². The summed E-state index contributed by atoms with van der Waals surface area (Å²) in [5.74, 6) is 2.11. The minimum Gasteiger partial charge on any atom is -0.350 e. The van der Waals surface area contributed by atoms with Crippen molar-refractivity contribution in [3.8, 4) is 0 Å². The molecule has 17 heavy (non-hydrogen) atoms. The van der Waals surface area contributed by atoms with Gasteiger partial charge in [0.2, 0.25) is 0 Å². The molecule has 3 nitrogen and oxygen atoms in total. The molecule has 1 saturated heterocycles. The lowest BCUT2D eigenvalue weighted by Gasteiger charge is -2.36. The molecule has 2 aliphatic heterocycles. The summed E-state index contributed by atoms with van der Waals surface area (Å²) in [4.78, 5) is 7.99. The molecule has 0 unspecified atom stereocenters. The molecule has 6 heteroatoms. The summed E-state index contributed by atoms with van der Waals surface area (Å²) in [6.07, 6.45) is 1.17. The van der Waals surface area contributed by atoms with Gasteiger partial charge in [-0.05, 0) is 12.5 Å². The van der Waals surface area contributed by atoms with Crippen LogP contribution < -0.4 is 10.2 Å². The van der Waals surface area contributed by atoms with Crippen LogP contribution in [0.2, 0.25) is 10.2 Å². The van der Waals surface area contributed by atoms with Gasteiger partial charge in [0.25, 0.3) is 0 Å². The van der Waals surface area contributed by atoms with E-state index in [0.29, 0.717) is 16.2 Å². The number of nitrogens with one attached hydrogen (secondary N) is 1. The fourth-order valence-corrected chi connectivity index (χ4v) is 3.81. The van der Waals surface area contributed by atoms with E-state index in [-0.39, 0.29) is 0 Å². The van der Waals surface area contributed by atoms with Crippen LogP contribution in [0.4, 0.5) is 5.82 Å². The van der Waals surface area contributed by atoms with Gasteiger partial charge in [0.15, 0.2) is 0 Å². The summed E-state index contributed by atoms with van der Waals surface area (Å²) in [6.45, 7) is 3.02. The number of hydrogen-bond acceptors (Lipinski definition) is 4. The van der Waals surface area contributed by atoms with Crippen LogP contribution in [0.25, 0.3) is 0 Å². The normalized spacial score (nSPS) is 23.9. The molecule has 0 bridgehead atoms. The molecule has 0 radical (unpaired) electrons. The molecule has 1 aromatic rings. The molecule has 3 rings (SSSR count). The van der Waals surface area contributed by atoms with E-state index < -0.39 is 0 Å². The molecule has 92 valence electrons. The Morgan fingerprint density at radius 3 is 3.24 bits per heavy atom. The molecule has 0 aliphatic carbocycles. The maximum absolute atomic E-state index is 6.04. The van der Waals surface area contributed by atoms with Crippen LogP contribution in [0, 0.1) is 0 Å². The van der Waals surface area contributed by atoms with E-state index in [2.05, 4.69) is 15.2 Å². The molecule has 0 saturated carbocycles. The fraction of sp³-hybridized carbons (Fsp3) is 0.545. The quantitative estimate of drug-likeness (QED) is 0.744. The van der Waals surface area contributed by atoms with Crippen LogP contribution in [0.3, 0.4) is 0 Å². The number of thioether (sulfide) groups is 1. The molecule has 0 amide bonds. The van der Waals surface area contributed by atoms with Gasteiger partial charge in [-0.1, -0.05) is 23.2 Å². The number of rotatable bonds is 0. The molecule has 1 atom stereocenters. The van der Waals surface area contributed by atoms with Gasteiger partial charge in [-0.3, -0.25) is 0 Å². The summed E-state index contributed by atoms with van der Waals surface area (Å²) < 4.78 is 0. The Kier molecular flexibility index (Phi) is 3.39. The van der Waals surface area contributed by atoms with Crippen LogP contribution in [-0.2, 0) is 0 Å². The van der Waals surface area contributed by atoms with Crippen molar-refractivity contribution in [1.29, 1.82) is 0 Å². The molecular weight excluding hydrogens is 277 g/mol. The highest BCUT2D eigenvalue weighted by molar-refractivity contribution is 7.99. The van der Waals surface area contributed by atoms with Crippen molar-refractivity contribution in [2.24, 2.45) is 0 Å². The second kappa shape index (κ2) is 4.84. The van der Waals surface area contributed by atoms with Crippen molar-refractivity contribution >= 4 is 40.8 Å². The first-order chi connectivity index (χ1) is 8.25. The summed E-state index contributed by atoms with van der Waals surface area (Å²) in [7, 11) is 0. The lowest BCUT2D eigenvalue weighted by atomic mass is 10.1. The zero-order chi connectivity index (χ0) is 11.8. The molecule has 0 spiro atoms. The van der Waals surface area contributed by atoms with Crippen LogP contribution in [0.5, 0.6) is 0 Å². The van der Waals surface area contributed by atoms with Gasteiger partial charge in [-0.2, -0.15) is 0 Å².